The number of rotatable bonds is 5. The summed E-state index contributed by atoms with van der Waals surface area (Å²) in [4.78, 5) is 14.6. The quantitative estimate of drug-likeness (QED) is 0.777. The average molecular weight is 332 g/mol. The van der Waals surface area contributed by atoms with Crippen molar-refractivity contribution in [3.05, 3.63) is 16.8 Å². The van der Waals surface area contributed by atoms with Crippen molar-refractivity contribution >= 4 is 27.4 Å². The molecule has 4 heteroatoms. The average Bonchev–Trinajstić information content (AvgIpc) is 2.82. The zero-order valence-corrected chi connectivity index (χ0v) is 15.9. The van der Waals surface area contributed by atoms with Gasteiger partial charge in [-0.15, -0.1) is 11.3 Å². The minimum atomic E-state index is 0.633. The molecule has 0 spiro atoms. The van der Waals surface area contributed by atoms with Crippen molar-refractivity contribution in [3.8, 4) is 0 Å². The van der Waals surface area contributed by atoms with E-state index < -0.39 is 0 Å². The highest BCUT2D eigenvalue weighted by Crippen LogP contribution is 2.40. The lowest BCUT2D eigenvalue weighted by molar-refractivity contribution is 0.509. The van der Waals surface area contributed by atoms with Crippen LogP contribution in [-0.2, 0) is 12.8 Å². The van der Waals surface area contributed by atoms with Crippen LogP contribution in [0.5, 0.6) is 0 Å². The van der Waals surface area contributed by atoms with Crippen LogP contribution >= 0.6 is 11.3 Å². The van der Waals surface area contributed by atoms with E-state index >= 15 is 0 Å². The smallest absolute Gasteiger partial charge is 0.141 e. The molecule has 0 aromatic carbocycles. The van der Waals surface area contributed by atoms with Gasteiger partial charge in [0.25, 0.3) is 0 Å². The van der Waals surface area contributed by atoms with Crippen LogP contribution in [0.1, 0.15) is 51.5 Å². The molecule has 2 heterocycles. The summed E-state index contributed by atoms with van der Waals surface area (Å²) in [5, 5.41) is 1.35. The van der Waals surface area contributed by atoms with Gasteiger partial charge >= 0.3 is 0 Å². The van der Waals surface area contributed by atoms with E-state index in [-0.39, 0.29) is 0 Å². The molecule has 0 bridgehead atoms. The highest BCUT2D eigenvalue weighted by atomic mass is 32.1. The lowest BCUT2D eigenvalue weighted by atomic mass is 9.89. The van der Waals surface area contributed by atoms with Gasteiger partial charge < -0.3 is 4.90 Å². The molecule has 2 aromatic heterocycles. The zero-order chi connectivity index (χ0) is 16.6. The second kappa shape index (κ2) is 6.76. The molecular weight excluding hydrogens is 302 g/mol. The molecule has 0 saturated heterocycles. The fourth-order valence-corrected chi connectivity index (χ4v) is 4.97. The van der Waals surface area contributed by atoms with E-state index in [2.05, 4.69) is 44.5 Å². The third-order valence-corrected chi connectivity index (χ3v) is 5.70. The van der Waals surface area contributed by atoms with Crippen LogP contribution in [-0.4, -0.2) is 23.1 Å². The van der Waals surface area contributed by atoms with Crippen molar-refractivity contribution in [2.45, 2.75) is 53.9 Å². The van der Waals surface area contributed by atoms with E-state index in [9.17, 15) is 0 Å². The van der Waals surface area contributed by atoms with Crippen LogP contribution in [0.4, 0.5) is 5.82 Å². The molecular formula is C19H29N3S. The van der Waals surface area contributed by atoms with Gasteiger partial charge in [-0.2, -0.15) is 0 Å². The predicted octanol–water partition coefficient (Wildman–Crippen LogP) is 4.93. The van der Waals surface area contributed by atoms with Crippen LogP contribution in [0.15, 0.2) is 6.33 Å². The standard InChI is InChI=1S/C19H29N3S/c1-12(2)9-22(10-13(3)4)18-17-15-7-6-14(5)8-16(15)23-19(17)21-11-20-18/h11-14H,6-10H2,1-5H3/t14-/m1/s1. The molecule has 0 saturated carbocycles. The fourth-order valence-electron chi connectivity index (χ4n) is 3.63. The molecule has 0 N–H and O–H groups in total. The third-order valence-electron chi connectivity index (χ3n) is 4.54. The Morgan fingerprint density at radius 2 is 1.87 bits per heavy atom. The molecule has 1 atom stereocenters. The molecule has 0 amide bonds. The number of hydrogen-bond acceptors (Lipinski definition) is 4. The van der Waals surface area contributed by atoms with Crippen molar-refractivity contribution in [3.63, 3.8) is 0 Å². The number of aromatic nitrogens is 2. The summed E-state index contributed by atoms with van der Waals surface area (Å²) in [5.74, 6) is 3.24. The Kier molecular flexibility index (Phi) is 4.90. The van der Waals surface area contributed by atoms with Gasteiger partial charge in [-0.3, -0.25) is 0 Å². The molecule has 0 fully saturated rings. The Morgan fingerprint density at radius 1 is 1.17 bits per heavy atom. The maximum Gasteiger partial charge on any atom is 0.141 e. The summed E-state index contributed by atoms with van der Waals surface area (Å²) < 4.78 is 0. The first-order valence-electron chi connectivity index (χ1n) is 8.95. The van der Waals surface area contributed by atoms with E-state index in [1.165, 1.54) is 40.9 Å². The molecule has 126 valence electrons. The Morgan fingerprint density at radius 3 is 2.52 bits per heavy atom. The maximum atomic E-state index is 4.73. The first-order valence-corrected chi connectivity index (χ1v) is 9.77. The number of thiophene rings is 1. The summed E-state index contributed by atoms with van der Waals surface area (Å²) in [7, 11) is 0. The third kappa shape index (κ3) is 3.52. The van der Waals surface area contributed by atoms with E-state index in [4.69, 9.17) is 4.98 Å². The van der Waals surface area contributed by atoms with Crippen molar-refractivity contribution in [1.82, 2.24) is 9.97 Å². The molecule has 0 aliphatic heterocycles. The first-order chi connectivity index (χ1) is 11.0. The van der Waals surface area contributed by atoms with Crippen LogP contribution in [0, 0.1) is 17.8 Å². The molecule has 2 aromatic rings. The maximum absolute atomic E-state index is 4.73. The Balaban J connectivity index is 2.08. The van der Waals surface area contributed by atoms with Crippen molar-refractivity contribution in [1.29, 1.82) is 0 Å². The normalized spacial score (nSPS) is 18.0. The van der Waals surface area contributed by atoms with Gasteiger partial charge in [0.15, 0.2) is 0 Å². The molecule has 23 heavy (non-hydrogen) atoms. The molecule has 3 rings (SSSR count). The van der Waals surface area contributed by atoms with Crippen LogP contribution in [0.2, 0.25) is 0 Å². The predicted molar refractivity (Wildman–Crippen MR) is 100 cm³/mol. The Bertz CT molecular complexity index is 665. The molecule has 0 unspecified atom stereocenters. The summed E-state index contributed by atoms with van der Waals surface area (Å²) in [6, 6.07) is 0. The molecule has 3 nitrogen and oxygen atoms in total. The van der Waals surface area contributed by atoms with Gasteiger partial charge in [-0.05, 0) is 42.6 Å². The molecule has 1 aliphatic carbocycles. The van der Waals surface area contributed by atoms with Crippen LogP contribution in [0.25, 0.3) is 10.2 Å². The number of anilines is 1. The number of hydrogen-bond donors (Lipinski definition) is 0. The minimum absolute atomic E-state index is 0.633. The summed E-state index contributed by atoms with van der Waals surface area (Å²) in [6.07, 6.45) is 5.45. The second-order valence-corrected chi connectivity index (χ2v) is 9.01. The monoisotopic (exact) mass is 331 g/mol. The van der Waals surface area contributed by atoms with E-state index in [0.29, 0.717) is 11.8 Å². The minimum Gasteiger partial charge on any atom is -0.355 e. The first kappa shape index (κ1) is 16.7. The zero-order valence-electron chi connectivity index (χ0n) is 15.1. The number of fused-ring (bicyclic) bond motifs is 3. The van der Waals surface area contributed by atoms with Gasteiger partial charge in [0, 0.05) is 18.0 Å². The van der Waals surface area contributed by atoms with Crippen molar-refractivity contribution < 1.29 is 0 Å². The van der Waals surface area contributed by atoms with Gasteiger partial charge in [0.05, 0.1) is 5.39 Å². The van der Waals surface area contributed by atoms with E-state index in [0.717, 1.165) is 19.0 Å². The van der Waals surface area contributed by atoms with Crippen molar-refractivity contribution in [2.24, 2.45) is 17.8 Å². The van der Waals surface area contributed by atoms with Crippen LogP contribution < -0.4 is 4.90 Å². The molecule has 1 aliphatic rings. The topological polar surface area (TPSA) is 29.0 Å². The summed E-state index contributed by atoms with van der Waals surface area (Å²) >= 11 is 1.90. The van der Waals surface area contributed by atoms with Gasteiger partial charge in [0.2, 0.25) is 0 Å². The summed E-state index contributed by atoms with van der Waals surface area (Å²) in [5.41, 5.74) is 1.54. The van der Waals surface area contributed by atoms with Gasteiger partial charge in [0.1, 0.15) is 17.0 Å². The second-order valence-electron chi connectivity index (χ2n) is 7.92. The number of nitrogens with zero attached hydrogens (tertiary/aromatic N) is 3. The molecule has 0 radical (unpaired) electrons. The Hall–Kier alpha value is -1.16. The van der Waals surface area contributed by atoms with Crippen molar-refractivity contribution in [2.75, 3.05) is 18.0 Å². The highest BCUT2D eigenvalue weighted by Gasteiger charge is 2.25. The lowest BCUT2D eigenvalue weighted by Gasteiger charge is -2.28. The largest absolute Gasteiger partial charge is 0.355 e. The highest BCUT2D eigenvalue weighted by molar-refractivity contribution is 7.19. The number of aryl methyl sites for hydroxylation is 1. The van der Waals surface area contributed by atoms with E-state index in [1.54, 1.807) is 11.2 Å². The lowest BCUT2D eigenvalue weighted by Crippen LogP contribution is -2.32. The van der Waals surface area contributed by atoms with Gasteiger partial charge in [-0.1, -0.05) is 34.6 Å². The van der Waals surface area contributed by atoms with E-state index in [1.807, 2.05) is 11.3 Å². The summed E-state index contributed by atoms with van der Waals surface area (Å²) in [6.45, 7) is 13.6. The Labute approximate surface area is 144 Å². The SMILES string of the molecule is CC(C)CN(CC(C)C)c1ncnc2sc3c(c12)CC[C@@H](C)C3. The fraction of sp³-hybridized carbons (Fsp3) is 0.684. The van der Waals surface area contributed by atoms with Crippen LogP contribution in [0.3, 0.4) is 0 Å². The van der Waals surface area contributed by atoms with Gasteiger partial charge in [-0.25, -0.2) is 9.97 Å².